The molecule has 0 unspecified atom stereocenters. The SMILES string of the molecule is CCN1CCN(C(=O)CN(c2ccccc2[N+](=O)[O-])S(=O)(=O)c2ccccc2)CC1. The largest absolute Gasteiger partial charge is 0.339 e. The molecule has 1 amide bonds. The van der Waals surface area contributed by atoms with Crippen molar-refractivity contribution < 1.29 is 18.1 Å². The van der Waals surface area contributed by atoms with E-state index in [1.165, 1.54) is 36.4 Å². The average molecular weight is 433 g/mol. The summed E-state index contributed by atoms with van der Waals surface area (Å²) < 4.78 is 27.5. The molecule has 0 radical (unpaired) electrons. The molecule has 1 fully saturated rings. The number of amides is 1. The first-order valence-electron chi connectivity index (χ1n) is 9.66. The highest BCUT2D eigenvalue weighted by atomic mass is 32.2. The Morgan fingerprint density at radius 1 is 1.03 bits per heavy atom. The summed E-state index contributed by atoms with van der Waals surface area (Å²) in [4.78, 5) is 27.6. The number of likely N-dealkylation sites (N-methyl/N-ethyl adjacent to an activating group) is 1. The van der Waals surface area contributed by atoms with Crippen molar-refractivity contribution in [3.8, 4) is 0 Å². The van der Waals surface area contributed by atoms with Crippen LogP contribution < -0.4 is 4.31 Å². The number of nitrogens with zero attached hydrogens (tertiary/aromatic N) is 4. The first kappa shape index (κ1) is 21.7. The summed E-state index contributed by atoms with van der Waals surface area (Å²) in [6.07, 6.45) is 0. The molecule has 0 bridgehead atoms. The number of nitro groups is 1. The van der Waals surface area contributed by atoms with Crippen LogP contribution in [-0.2, 0) is 14.8 Å². The Morgan fingerprint density at radius 2 is 1.63 bits per heavy atom. The summed E-state index contributed by atoms with van der Waals surface area (Å²) in [5, 5.41) is 11.5. The lowest BCUT2D eigenvalue weighted by atomic mass is 10.2. The van der Waals surface area contributed by atoms with E-state index < -0.39 is 21.5 Å². The van der Waals surface area contributed by atoms with E-state index >= 15 is 0 Å². The van der Waals surface area contributed by atoms with Gasteiger partial charge in [0, 0.05) is 32.2 Å². The number of anilines is 1. The molecule has 0 aromatic heterocycles. The number of nitro benzene ring substituents is 1. The number of carbonyl (C=O) groups excluding carboxylic acids is 1. The molecule has 1 saturated heterocycles. The Kier molecular flexibility index (Phi) is 6.68. The zero-order chi connectivity index (χ0) is 21.7. The minimum Gasteiger partial charge on any atom is -0.339 e. The van der Waals surface area contributed by atoms with Crippen LogP contribution in [0.2, 0.25) is 0 Å². The van der Waals surface area contributed by atoms with Crippen molar-refractivity contribution in [1.29, 1.82) is 0 Å². The van der Waals surface area contributed by atoms with Crippen molar-refractivity contribution >= 4 is 27.3 Å². The van der Waals surface area contributed by atoms with Crippen LogP contribution in [0.4, 0.5) is 11.4 Å². The third-order valence-electron chi connectivity index (χ3n) is 5.13. The van der Waals surface area contributed by atoms with Crippen molar-refractivity contribution in [2.24, 2.45) is 0 Å². The fourth-order valence-electron chi connectivity index (χ4n) is 3.39. The van der Waals surface area contributed by atoms with E-state index in [0.717, 1.165) is 10.8 Å². The zero-order valence-corrected chi connectivity index (χ0v) is 17.5. The van der Waals surface area contributed by atoms with E-state index in [-0.39, 0.29) is 22.2 Å². The zero-order valence-electron chi connectivity index (χ0n) is 16.7. The Labute approximate surface area is 175 Å². The van der Waals surface area contributed by atoms with Gasteiger partial charge < -0.3 is 9.80 Å². The number of rotatable bonds is 7. The maximum Gasteiger partial charge on any atom is 0.293 e. The molecule has 1 aliphatic rings. The molecule has 1 aliphatic heterocycles. The quantitative estimate of drug-likeness (QED) is 0.489. The number of hydrogen-bond donors (Lipinski definition) is 0. The van der Waals surface area contributed by atoms with Crippen LogP contribution >= 0.6 is 0 Å². The average Bonchev–Trinajstić information content (AvgIpc) is 2.77. The van der Waals surface area contributed by atoms with E-state index in [1.807, 2.05) is 6.92 Å². The second kappa shape index (κ2) is 9.23. The molecule has 0 N–H and O–H groups in total. The van der Waals surface area contributed by atoms with Crippen LogP contribution in [0.1, 0.15) is 6.92 Å². The molecule has 0 aliphatic carbocycles. The minimum atomic E-state index is -4.19. The summed E-state index contributed by atoms with van der Waals surface area (Å²) >= 11 is 0. The summed E-state index contributed by atoms with van der Waals surface area (Å²) in [5.74, 6) is -0.386. The Balaban J connectivity index is 1.97. The molecule has 3 rings (SSSR count). The Hall–Kier alpha value is -2.98. The summed E-state index contributed by atoms with van der Waals surface area (Å²) in [6, 6.07) is 13.2. The van der Waals surface area contributed by atoms with Crippen LogP contribution in [0.3, 0.4) is 0 Å². The number of hydrogen-bond acceptors (Lipinski definition) is 6. The summed E-state index contributed by atoms with van der Waals surface area (Å²) in [7, 11) is -4.19. The highest BCUT2D eigenvalue weighted by Crippen LogP contribution is 2.32. The molecular formula is C20H24N4O5S. The van der Waals surface area contributed by atoms with E-state index in [4.69, 9.17) is 0 Å². The fraction of sp³-hybridized carbons (Fsp3) is 0.350. The van der Waals surface area contributed by atoms with Gasteiger partial charge in [-0.1, -0.05) is 37.3 Å². The highest BCUT2D eigenvalue weighted by molar-refractivity contribution is 7.92. The minimum absolute atomic E-state index is 0.0354. The monoisotopic (exact) mass is 432 g/mol. The smallest absolute Gasteiger partial charge is 0.293 e. The normalized spacial score (nSPS) is 15.0. The maximum atomic E-state index is 13.3. The maximum absolute atomic E-state index is 13.3. The van der Waals surface area contributed by atoms with Gasteiger partial charge in [-0.05, 0) is 24.7 Å². The van der Waals surface area contributed by atoms with Crippen LogP contribution in [0.25, 0.3) is 0 Å². The molecule has 0 spiro atoms. The van der Waals surface area contributed by atoms with Gasteiger partial charge in [-0.15, -0.1) is 0 Å². The summed E-state index contributed by atoms with van der Waals surface area (Å²) in [6.45, 7) is 4.81. The third kappa shape index (κ3) is 4.60. The van der Waals surface area contributed by atoms with Crippen LogP contribution in [0.15, 0.2) is 59.5 Å². The van der Waals surface area contributed by atoms with Gasteiger partial charge in [-0.2, -0.15) is 0 Å². The van der Waals surface area contributed by atoms with Gasteiger partial charge in [0.2, 0.25) is 5.91 Å². The van der Waals surface area contributed by atoms with E-state index in [9.17, 15) is 23.3 Å². The summed E-state index contributed by atoms with van der Waals surface area (Å²) in [5.41, 5.74) is -0.507. The number of benzene rings is 2. The van der Waals surface area contributed by atoms with Crippen molar-refractivity contribution in [2.75, 3.05) is 43.6 Å². The van der Waals surface area contributed by atoms with Crippen molar-refractivity contribution in [3.63, 3.8) is 0 Å². The van der Waals surface area contributed by atoms with Gasteiger partial charge in [0.25, 0.3) is 15.7 Å². The van der Waals surface area contributed by atoms with Crippen molar-refractivity contribution in [2.45, 2.75) is 11.8 Å². The molecule has 0 saturated carbocycles. The van der Waals surface area contributed by atoms with Gasteiger partial charge in [-0.3, -0.25) is 14.9 Å². The van der Waals surface area contributed by atoms with Gasteiger partial charge in [0.1, 0.15) is 12.2 Å². The Bertz CT molecular complexity index is 1000. The molecule has 2 aromatic rings. The molecular weight excluding hydrogens is 408 g/mol. The molecule has 2 aromatic carbocycles. The lowest BCUT2D eigenvalue weighted by Gasteiger charge is -2.35. The molecule has 0 atom stereocenters. The predicted octanol–water partition coefficient (Wildman–Crippen LogP) is 1.95. The number of piperazine rings is 1. The fourth-order valence-corrected chi connectivity index (χ4v) is 4.83. The van der Waals surface area contributed by atoms with E-state index in [2.05, 4.69) is 4.90 Å². The van der Waals surface area contributed by atoms with Crippen molar-refractivity contribution in [1.82, 2.24) is 9.80 Å². The molecule has 10 heteroatoms. The van der Waals surface area contributed by atoms with Gasteiger partial charge in [-0.25, -0.2) is 12.7 Å². The second-order valence-electron chi connectivity index (χ2n) is 6.89. The first-order chi connectivity index (χ1) is 14.3. The van der Waals surface area contributed by atoms with Crippen LogP contribution in [0.5, 0.6) is 0 Å². The van der Waals surface area contributed by atoms with Gasteiger partial charge in [0.15, 0.2) is 0 Å². The van der Waals surface area contributed by atoms with Crippen LogP contribution in [-0.4, -0.2) is 68.3 Å². The first-order valence-corrected chi connectivity index (χ1v) is 11.1. The highest BCUT2D eigenvalue weighted by Gasteiger charge is 2.33. The Morgan fingerprint density at radius 3 is 2.23 bits per heavy atom. The molecule has 30 heavy (non-hydrogen) atoms. The van der Waals surface area contributed by atoms with Crippen molar-refractivity contribution in [3.05, 3.63) is 64.7 Å². The lowest BCUT2D eigenvalue weighted by Crippen LogP contribution is -2.51. The number of para-hydroxylation sites is 2. The number of carbonyl (C=O) groups is 1. The standard InChI is InChI=1S/C20H24N4O5S/c1-2-21-12-14-22(15-13-21)20(25)16-23(18-10-6-7-11-19(18)24(26)27)30(28,29)17-8-4-3-5-9-17/h3-11H,2,12-16H2,1H3. The molecule has 160 valence electrons. The van der Waals surface area contributed by atoms with Crippen LogP contribution in [0, 0.1) is 10.1 Å². The molecule has 9 nitrogen and oxygen atoms in total. The topological polar surface area (TPSA) is 104 Å². The predicted molar refractivity (Wildman–Crippen MR) is 113 cm³/mol. The van der Waals surface area contributed by atoms with E-state index in [1.54, 1.807) is 23.1 Å². The van der Waals surface area contributed by atoms with E-state index in [0.29, 0.717) is 26.2 Å². The lowest BCUT2D eigenvalue weighted by molar-refractivity contribution is -0.384. The van der Waals surface area contributed by atoms with Gasteiger partial charge >= 0.3 is 0 Å². The molecule has 1 heterocycles. The third-order valence-corrected chi connectivity index (χ3v) is 6.90. The van der Waals surface area contributed by atoms with Gasteiger partial charge in [0.05, 0.1) is 9.82 Å². The second-order valence-corrected chi connectivity index (χ2v) is 8.75. The number of sulfonamides is 1.